The van der Waals surface area contributed by atoms with Crippen LogP contribution in [0.3, 0.4) is 0 Å². The van der Waals surface area contributed by atoms with E-state index in [1.807, 2.05) is 0 Å². The summed E-state index contributed by atoms with van der Waals surface area (Å²) < 4.78 is 24.7. The third-order valence-electron chi connectivity index (χ3n) is 11.1. The maximum Gasteiger partial charge on any atom is 0.305 e. The SMILES string of the molecule is CCCCC/C=C/C/C=C/CCCCCCCCN(CCO)CCCCCCCC(=O)OCC(COCCCCCC)(COCCCCCC)COCCCCCC. The van der Waals surface area contributed by atoms with Gasteiger partial charge in [0, 0.05) is 32.8 Å². The molecule has 0 rings (SSSR count). The predicted molar refractivity (Wildman–Crippen MR) is 249 cm³/mol. The van der Waals surface area contributed by atoms with Crippen molar-refractivity contribution in [2.24, 2.45) is 5.41 Å². The van der Waals surface area contributed by atoms with E-state index in [1.165, 1.54) is 128 Å². The second-order valence-corrected chi connectivity index (χ2v) is 17.2. The highest BCUT2D eigenvalue weighted by atomic mass is 16.5. The molecule has 0 amide bonds. The van der Waals surface area contributed by atoms with Gasteiger partial charge in [0.05, 0.1) is 31.8 Å². The highest BCUT2D eigenvalue weighted by Crippen LogP contribution is 2.23. The molecule has 0 aromatic carbocycles. The number of ether oxygens (including phenoxy) is 4. The summed E-state index contributed by atoms with van der Waals surface area (Å²) in [5.41, 5.74) is -0.487. The largest absolute Gasteiger partial charge is 0.465 e. The summed E-state index contributed by atoms with van der Waals surface area (Å²) in [5.74, 6) is -0.124. The standard InChI is InChI=1S/C51H99NO6/c1-5-9-13-17-18-19-20-21-22-23-24-25-26-27-30-33-39-52(41-42-53)40-34-31-28-29-32-38-50(54)58-49-51(46-55-43-35-14-10-6-2,47-56-44-36-15-11-7-3)48-57-45-37-16-12-8-4/h18-19,21-22,53H,5-17,20,23-49H2,1-4H3/b19-18+,22-21+. The number of allylic oxidation sites excluding steroid dienone is 4. The van der Waals surface area contributed by atoms with Gasteiger partial charge < -0.3 is 29.0 Å². The third kappa shape index (κ3) is 40.2. The van der Waals surface area contributed by atoms with Gasteiger partial charge in [0.25, 0.3) is 0 Å². The number of rotatable bonds is 48. The van der Waals surface area contributed by atoms with E-state index in [1.54, 1.807) is 0 Å². The average Bonchev–Trinajstić information content (AvgIpc) is 3.23. The maximum atomic E-state index is 13.0. The fourth-order valence-corrected chi connectivity index (χ4v) is 7.25. The Bertz CT molecular complexity index is 838. The van der Waals surface area contributed by atoms with E-state index in [0.717, 1.165) is 97.2 Å². The van der Waals surface area contributed by atoms with Crippen molar-refractivity contribution in [3.8, 4) is 0 Å². The van der Waals surface area contributed by atoms with Gasteiger partial charge in [0.15, 0.2) is 0 Å². The first-order valence-electron chi connectivity index (χ1n) is 25.1. The zero-order chi connectivity index (χ0) is 42.3. The van der Waals surface area contributed by atoms with E-state index in [-0.39, 0.29) is 19.2 Å². The molecule has 0 atom stereocenters. The molecule has 0 aromatic heterocycles. The van der Waals surface area contributed by atoms with Crippen molar-refractivity contribution < 1.29 is 28.8 Å². The molecule has 0 unspecified atom stereocenters. The Labute approximate surface area is 361 Å². The van der Waals surface area contributed by atoms with Crippen molar-refractivity contribution in [2.75, 3.05) is 72.5 Å². The molecule has 7 nitrogen and oxygen atoms in total. The number of hydrogen-bond donors (Lipinski definition) is 1. The molecule has 0 bridgehead atoms. The van der Waals surface area contributed by atoms with Gasteiger partial charge in [0.2, 0.25) is 0 Å². The minimum Gasteiger partial charge on any atom is -0.465 e. The Morgan fingerprint density at radius 2 is 0.862 bits per heavy atom. The van der Waals surface area contributed by atoms with Crippen molar-refractivity contribution >= 4 is 5.97 Å². The predicted octanol–water partition coefficient (Wildman–Crippen LogP) is 13.8. The lowest BCUT2D eigenvalue weighted by molar-refractivity contribution is -0.156. The van der Waals surface area contributed by atoms with Gasteiger partial charge in [0.1, 0.15) is 6.61 Å². The lowest BCUT2D eigenvalue weighted by Crippen LogP contribution is -2.42. The summed E-state index contributed by atoms with van der Waals surface area (Å²) in [6.07, 6.45) is 44.3. The van der Waals surface area contributed by atoms with Crippen LogP contribution in [-0.4, -0.2) is 88.5 Å². The number of nitrogens with zero attached hydrogens (tertiary/aromatic N) is 1. The molecule has 0 aliphatic rings. The van der Waals surface area contributed by atoms with Crippen LogP contribution in [0.15, 0.2) is 24.3 Å². The van der Waals surface area contributed by atoms with Crippen LogP contribution in [0.4, 0.5) is 0 Å². The summed E-state index contributed by atoms with van der Waals surface area (Å²) in [5, 5.41) is 9.62. The normalized spacial score (nSPS) is 12.2. The monoisotopic (exact) mass is 822 g/mol. The molecular formula is C51H99NO6. The van der Waals surface area contributed by atoms with Gasteiger partial charge in [-0.25, -0.2) is 0 Å². The Hall–Kier alpha value is -1.25. The van der Waals surface area contributed by atoms with Gasteiger partial charge in [-0.2, -0.15) is 0 Å². The van der Waals surface area contributed by atoms with Crippen LogP contribution < -0.4 is 0 Å². The van der Waals surface area contributed by atoms with E-state index in [4.69, 9.17) is 18.9 Å². The summed E-state index contributed by atoms with van der Waals surface area (Å²) >= 11 is 0. The van der Waals surface area contributed by atoms with E-state index >= 15 is 0 Å². The van der Waals surface area contributed by atoms with Gasteiger partial charge in [-0.3, -0.25) is 4.79 Å². The van der Waals surface area contributed by atoms with E-state index in [9.17, 15) is 9.90 Å². The van der Waals surface area contributed by atoms with E-state index < -0.39 is 5.41 Å². The first-order valence-corrected chi connectivity index (χ1v) is 25.1. The van der Waals surface area contributed by atoms with E-state index in [2.05, 4.69) is 56.9 Å². The Morgan fingerprint density at radius 1 is 0.466 bits per heavy atom. The summed E-state index contributed by atoms with van der Waals surface area (Å²) in [7, 11) is 0. The molecule has 344 valence electrons. The quantitative estimate of drug-likeness (QED) is 0.0372. The lowest BCUT2D eigenvalue weighted by atomic mass is 9.92. The molecule has 0 radical (unpaired) electrons. The number of esters is 1. The first-order chi connectivity index (χ1) is 28.6. The number of aliphatic hydroxyl groups excluding tert-OH is 1. The molecule has 0 heterocycles. The van der Waals surface area contributed by atoms with Crippen molar-refractivity contribution in [3.05, 3.63) is 24.3 Å². The van der Waals surface area contributed by atoms with Crippen LogP contribution in [-0.2, 0) is 23.7 Å². The summed E-state index contributed by atoms with van der Waals surface area (Å²) in [6.45, 7) is 16.0. The Morgan fingerprint density at radius 3 is 1.33 bits per heavy atom. The molecule has 1 N–H and O–H groups in total. The van der Waals surface area contributed by atoms with Crippen molar-refractivity contribution in [1.82, 2.24) is 4.90 Å². The van der Waals surface area contributed by atoms with Crippen LogP contribution in [0, 0.1) is 5.41 Å². The second kappa shape index (κ2) is 46.8. The Balaban J connectivity index is 4.47. The average molecular weight is 822 g/mol. The summed E-state index contributed by atoms with van der Waals surface area (Å²) in [6, 6.07) is 0. The van der Waals surface area contributed by atoms with Crippen molar-refractivity contribution in [3.63, 3.8) is 0 Å². The number of unbranched alkanes of at least 4 members (excludes halogenated alkanes) is 22. The molecule has 0 spiro atoms. The molecule has 0 saturated carbocycles. The number of carbonyl (C=O) groups excluding carboxylic acids is 1. The number of aliphatic hydroxyl groups is 1. The van der Waals surface area contributed by atoms with E-state index in [0.29, 0.717) is 26.2 Å². The van der Waals surface area contributed by atoms with Crippen LogP contribution in [0.1, 0.15) is 220 Å². The molecule has 58 heavy (non-hydrogen) atoms. The molecule has 7 heteroatoms. The van der Waals surface area contributed by atoms with Crippen LogP contribution in [0.5, 0.6) is 0 Å². The highest BCUT2D eigenvalue weighted by Gasteiger charge is 2.34. The lowest BCUT2D eigenvalue weighted by Gasteiger charge is -2.33. The van der Waals surface area contributed by atoms with Gasteiger partial charge in [-0.1, -0.05) is 168 Å². The number of carbonyl (C=O) groups is 1. The molecule has 0 aliphatic heterocycles. The highest BCUT2D eigenvalue weighted by molar-refractivity contribution is 5.69. The minimum atomic E-state index is -0.487. The fourth-order valence-electron chi connectivity index (χ4n) is 7.25. The zero-order valence-electron chi connectivity index (χ0n) is 39.2. The van der Waals surface area contributed by atoms with Gasteiger partial charge in [-0.15, -0.1) is 0 Å². The Kier molecular flexibility index (Phi) is 45.8. The maximum absolute atomic E-state index is 13.0. The third-order valence-corrected chi connectivity index (χ3v) is 11.1. The molecule has 0 aliphatic carbocycles. The van der Waals surface area contributed by atoms with Crippen LogP contribution in [0.2, 0.25) is 0 Å². The van der Waals surface area contributed by atoms with Crippen LogP contribution in [0.25, 0.3) is 0 Å². The van der Waals surface area contributed by atoms with Gasteiger partial charge >= 0.3 is 5.97 Å². The van der Waals surface area contributed by atoms with Gasteiger partial charge in [-0.05, 0) is 83.7 Å². The summed E-state index contributed by atoms with van der Waals surface area (Å²) in [4.78, 5) is 15.4. The molecule has 0 fully saturated rings. The molecular weight excluding hydrogens is 723 g/mol. The van der Waals surface area contributed by atoms with Crippen molar-refractivity contribution in [2.45, 2.75) is 220 Å². The van der Waals surface area contributed by atoms with Crippen LogP contribution >= 0.6 is 0 Å². The van der Waals surface area contributed by atoms with Crippen molar-refractivity contribution in [1.29, 1.82) is 0 Å². The minimum absolute atomic E-state index is 0.124. The first kappa shape index (κ1) is 56.8. The topological polar surface area (TPSA) is 77.5 Å². The number of hydrogen-bond acceptors (Lipinski definition) is 7. The molecule has 0 aromatic rings. The fraction of sp³-hybridized carbons (Fsp3) is 0.902. The molecule has 0 saturated heterocycles. The zero-order valence-corrected chi connectivity index (χ0v) is 39.2. The second-order valence-electron chi connectivity index (χ2n) is 17.2. The smallest absolute Gasteiger partial charge is 0.305 e.